The van der Waals surface area contributed by atoms with Crippen LogP contribution in [0.4, 0.5) is 4.79 Å². The van der Waals surface area contributed by atoms with Crippen LogP contribution < -0.4 is 10.6 Å². The van der Waals surface area contributed by atoms with Gasteiger partial charge >= 0.3 is 6.03 Å². The van der Waals surface area contributed by atoms with Gasteiger partial charge in [-0.3, -0.25) is 19.7 Å². The fourth-order valence-electron chi connectivity index (χ4n) is 3.31. The first kappa shape index (κ1) is 18.0. The van der Waals surface area contributed by atoms with Gasteiger partial charge in [0, 0.05) is 30.0 Å². The molecule has 2 N–H and O–H groups in total. The highest BCUT2D eigenvalue weighted by molar-refractivity contribution is 7.99. The van der Waals surface area contributed by atoms with Crippen LogP contribution in [-0.2, 0) is 4.79 Å². The van der Waals surface area contributed by atoms with Gasteiger partial charge in [-0.2, -0.15) is 0 Å². The molecule has 0 radical (unpaired) electrons. The van der Waals surface area contributed by atoms with E-state index in [4.69, 9.17) is 0 Å². The summed E-state index contributed by atoms with van der Waals surface area (Å²) in [6.45, 7) is 0. The lowest BCUT2D eigenvalue weighted by atomic mass is 10.2. The van der Waals surface area contributed by atoms with Crippen molar-refractivity contribution in [2.45, 2.75) is 55.8 Å². The van der Waals surface area contributed by atoms with Crippen molar-refractivity contribution in [3.8, 4) is 11.4 Å². The summed E-state index contributed by atoms with van der Waals surface area (Å²) in [5.74, 6) is 0.562. The van der Waals surface area contributed by atoms with Gasteiger partial charge < -0.3 is 5.32 Å². The largest absolute Gasteiger partial charge is 0.335 e. The monoisotopic (exact) mass is 386 g/mol. The van der Waals surface area contributed by atoms with Crippen molar-refractivity contribution in [3.05, 3.63) is 24.5 Å². The average molecular weight is 386 g/mol. The summed E-state index contributed by atoms with van der Waals surface area (Å²) < 4.78 is 2.08. The standard InChI is InChI=1S/C18H22N6O2S/c25-15(21-17(26)20-13-5-1-2-6-13)11-27-18-23-22-16(24(18)14-7-8-14)12-4-3-9-19-10-12/h3-4,9-10,13-14H,1-2,5-8,11H2,(H2,20,21,25,26). The molecule has 2 saturated carbocycles. The van der Waals surface area contributed by atoms with E-state index in [0.29, 0.717) is 11.2 Å². The summed E-state index contributed by atoms with van der Waals surface area (Å²) in [5.41, 5.74) is 0.907. The molecule has 0 aliphatic heterocycles. The van der Waals surface area contributed by atoms with Gasteiger partial charge in [-0.1, -0.05) is 24.6 Å². The Kier molecular flexibility index (Phi) is 5.38. The van der Waals surface area contributed by atoms with Gasteiger partial charge in [-0.15, -0.1) is 10.2 Å². The molecular formula is C18H22N6O2S. The van der Waals surface area contributed by atoms with Crippen LogP contribution in [0.1, 0.15) is 44.6 Å². The van der Waals surface area contributed by atoms with Gasteiger partial charge in [0.25, 0.3) is 0 Å². The molecule has 8 nitrogen and oxygen atoms in total. The number of pyridine rings is 1. The molecule has 0 atom stereocenters. The summed E-state index contributed by atoms with van der Waals surface area (Å²) in [7, 11) is 0. The van der Waals surface area contributed by atoms with Crippen LogP contribution in [0.25, 0.3) is 11.4 Å². The number of aromatic nitrogens is 4. The molecule has 2 aromatic rings. The predicted octanol–water partition coefficient (Wildman–Crippen LogP) is 2.54. The molecule has 2 heterocycles. The van der Waals surface area contributed by atoms with E-state index < -0.39 is 6.03 Å². The third-order valence-corrected chi connectivity index (χ3v) is 5.72. The molecule has 9 heteroatoms. The molecule has 0 aromatic carbocycles. The molecular weight excluding hydrogens is 364 g/mol. The predicted molar refractivity (Wildman–Crippen MR) is 101 cm³/mol. The number of urea groups is 1. The van der Waals surface area contributed by atoms with Crippen molar-refractivity contribution in [2.24, 2.45) is 0 Å². The fourth-order valence-corrected chi connectivity index (χ4v) is 4.12. The van der Waals surface area contributed by atoms with Gasteiger partial charge in [-0.05, 0) is 37.8 Å². The highest BCUT2D eigenvalue weighted by Crippen LogP contribution is 2.40. The summed E-state index contributed by atoms with van der Waals surface area (Å²) in [6.07, 6.45) is 9.87. The molecule has 2 aromatic heterocycles. The first-order valence-corrected chi connectivity index (χ1v) is 10.3. The average Bonchev–Trinajstić information content (AvgIpc) is 3.21. The van der Waals surface area contributed by atoms with Crippen LogP contribution in [-0.4, -0.2) is 43.5 Å². The molecule has 0 bridgehead atoms. The summed E-state index contributed by atoms with van der Waals surface area (Å²) in [6, 6.07) is 3.96. The van der Waals surface area contributed by atoms with Crippen molar-refractivity contribution in [1.82, 2.24) is 30.4 Å². The van der Waals surface area contributed by atoms with Crippen LogP contribution in [0.15, 0.2) is 29.7 Å². The molecule has 0 saturated heterocycles. The van der Waals surface area contributed by atoms with E-state index in [1.54, 1.807) is 12.4 Å². The van der Waals surface area contributed by atoms with Crippen LogP contribution >= 0.6 is 11.8 Å². The first-order chi connectivity index (χ1) is 13.2. The maximum Gasteiger partial charge on any atom is 0.321 e. The lowest BCUT2D eigenvalue weighted by Gasteiger charge is -2.12. The molecule has 27 heavy (non-hydrogen) atoms. The number of hydrogen-bond acceptors (Lipinski definition) is 6. The van der Waals surface area contributed by atoms with Crippen LogP contribution in [0.5, 0.6) is 0 Å². The Morgan fingerprint density at radius 2 is 2.00 bits per heavy atom. The molecule has 2 aliphatic rings. The van der Waals surface area contributed by atoms with Gasteiger partial charge in [0.2, 0.25) is 5.91 Å². The lowest BCUT2D eigenvalue weighted by molar-refractivity contribution is -0.117. The first-order valence-electron chi connectivity index (χ1n) is 9.29. The van der Waals surface area contributed by atoms with E-state index in [-0.39, 0.29) is 17.7 Å². The minimum atomic E-state index is -0.410. The quantitative estimate of drug-likeness (QED) is 0.740. The van der Waals surface area contributed by atoms with Gasteiger partial charge in [0.1, 0.15) is 0 Å². The Morgan fingerprint density at radius 3 is 2.70 bits per heavy atom. The second-order valence-corrected chi connectivity index (χ2v) is 7.88. The zero-order valence-corrected chi connectivity index (χ0v) is 15.7. The van der Waals surface area contributed by atoms with E-state index in [9.17, 15) is 9.59 Å². The maximum absolute atomic E-state index is 12.1. The van der Waals surface area contributed by atoms with Crippen molar-refractivity contribution in [2.75, 3.05) is 5.75 Å². The van der Waals surface area contributed by atoms with Crippen molar-refractivity contribution in [3.63, 3.8) is 0 Å². The smallest absolute Gasteiger partial charge is 0.321 e. The second kappa shape index (κ2) is 8.08. The number of nitrogens with one attached hydrogen (secondary N) is 2. The third-order valence-electron chi connectivity index (χ3n) is 4.77. The highest BCUT2D eigenvalue weighted by atomic mass is 32.2. The Morgan fingerprint density at radius 1 is 1.19 bits per heavy atom. The number of imide groups is 1. The Labute approximate surface area is 161 Å². The number of amides is 3. The maximum atomic E-state index is 12.1. The summed E-state index contributed by atoms with van der Waals surface area (Å²) in [5, 5.41) is 14.5. The summed E-state index contributed by atoms with van der Waals surface area (Å²) in [4.78, 5) is 28.2. The number of carbonyl (C=O) groups is 2. The highest BCUT2D eigenvalue weighted by Gasteiger charge is 2.30. The summed E-state index contributed by atoms with van der Waals surface area (Å²) >= 11 is 1.30. The number of rotatable bonds is 6. The molecule has 0 spiro atoms. The lowest BCUT2D eigenvalue weighted by Crippen LogP contribution is -2.44. The van der Waals surface area contributed by atoms with E-state index >= 15 is 0 Å². The zero-order chi connectivity index (χ0) is 18.6. The molecule has 142 valence electrons. The van der Waals surface area contributed by atoms with Crippen LogP contribution in [0.2, 0.25) is 0 Å². The third kappa shape index (κ3) is 4.47. The number of thioether (sulfide) groups is 1. The van der Waals surface area contributed by atoms with E-state index in [2.05, 4.69) is 30.4 Å². The Balaban J connectivity index is 1.36. The molecule has 0 unspecified atom stereocenters. The molecule has 2 fully saturated rings. The number of nitrogens with zero attached hydrogens (tertiary/aromatic N) is 4. The van der Waals surface area contributed by atoms with Crippen LogP contribution in [0.3, 0.4) is 0 Å². The Hall–Kier alpha value is -2.42. The van der Waals surface area contributed by atoms with Crippen molar-refractivity contribution < 1.29 is 9.59 Å². The van der Waals surface area contributed by atoms with Gasteiger partial charge in [0.05, 0.1) is 5.75 Å². The molecule has 4 rings (SSSR count). The van der Waals surface area contributed by atoms with Crippen molar-refractivity contribution >= 4 is 23.7 Å². The van der Waals surface area contributed by atoms with Gasteiger partial charge in [0.15, 0.2) is 11.0 Å². The zero-order valence-electron chi connectivity index (χ0n) is 14.9. The molecule has 2 aliphatic carbocycles. The van der Waals surface area contributed by atoms with E-state index in [0.717, 1.165) is 49.9 Å². The second-order valence-electron chi connectivity index (χ2n) is 6.94. The minimum Gasteiger partial charge on any atom is -0.335 e. The number of hydrogen-bond donors (Lipinski definition) is 2. The van der Waals surface area contributed by atoms with Gasteiger partial charge in [-0.25, -0.2) is 4.79 Å². The Bertz CT molecular complexity index is 815. The minimum absolute atomic E-state index is 0.121. The van der Waals surface area contributed by atoms with E-state index in [1.165, 1.54) is 11.8 Å². The normalized spacial score (nSPS) is 17.0. The van der Waals surface area contributed by atoms with Crippen molar-refractivity contribution in [1.29, 1.82) is 0 Å². The number of carbonyl (C=O) groups excluding carboxylic acids is 2. The topological polar surface area (TPSA) is 102 Å². The molecule has 3 amide bonds. The SMILES string of the molecule is O=C(CSc1nnc(-c2cccnc2)n1C1CC1)NC(=O)NC1CCCC1. The fraction of sp³-hybridized carbons (Fsp3) is 0.500. The van der Waals surface area contributed by atoms with E-state index in [1.807, 2.05) is 12.1 Å². The van der Waals surface area contributed by atoms with Crippen LogP contribution in [0, 0.1) is 0 Å².